The predicted molar refractivity (Wildman–Crippen MR) is 48.3 cm³/mol. The van der Waals surface area contributed by atoms with Gasteiger partial charge in [-0.15, -0.1) is 0 Å². The van der Waals surface area contributed by atoms with Gasteiger partial charge in [0, 0.05) is 30.6 Å². The largest absolute Gasteiger partial charge is 0.399 e. The molecule has 0 aliphatic carbocycles. The van der Waals surface area contributed by atoms with Crippen LogP contribution in [0.25, 0.3) is 6.08 Å². The Kier molecular flexibility index (Phi) is 1.43. The van der Waals surface area contributed by atoms with Gasteiger partial charge in [-0.2, -0.15) is 0 Å². The highest BCUT2D eigenvalue weighted by molar-refractivity contribution is 5.62. The van der Waals surface area contributed by atoms with Crippen molar-refractivity contribution in [3.05, 3.63) is 30.0 Å². The number of nitrogens with zero attached hydrogens (tertiary/aromatic N) is 1. The van der Waals surface area contributed by atoms with E-state index in [1.165, 1.54) is 0 Å². The Labute approximate surface area is 71.0 Å². The van der Waals surface area contributed by atoms with Crippen LogP contribution in [0, 0.1) is 0 Å². The molecule has 0 atom stereocenters. The van der Waals surface area contributed by atoms with Crippen molar-refractivity contribution in [2.75, 3.05) is 12.8 Å². The molecule has 1 aromatic rings. The lowest BCUT2D eigenvalue weighted by molar-refractivity contribution is 0.0189. The zero-order valence-electron chi connectivity index (χ0n) is 6.82. The summed E-state index contributed by atoms with van der Waals surface area (Å²) in [5.74, 6) is 0.806. The summed E-state index contributed by atoms with van der Waals surface area (Å²) in [5, 5.41) is 1.64. The summed E-state index contributed by atoms with van der Waals surface area (Å²) in [6.07, 6.45) is 3.84. The third kappa shape index (κ3) is 1.09. The highest BCUT2D eigenvalue weighted by Gasteiger charge is 2.08. The van der Waals surface area contributed by atoms with E-state index >= 15 is 0 Å². The van der Waals surface area contributed by atoms with Gasteiger partial charge in [0.1, 0.15) is 0 Å². The summed E-state index contributed by atoms with van der Waals surface area (Å²) in [6.45, 7) is 0. The van der Waals surface area contributed by atoms with E-state index in [4.69, 9.17) is 10.6 Å². The summed E-state index contributed by atoms with van der Waals surface area (Å²) >= 11 is 0. The molecule has 2 rings (SSSR count). The molecule has 12 heavy (non-hydrogen) atoms. The molecule has 0 spiro atoms. The van der Waals surface area contributed by atoms with Gasteiger partial charge in [-0.25, -0.2) is 5.06 Å². The molecular formula is C9H10N2O. The van der Waals surface area contributed by atoms with Gasteiger partial charge < -0.3 is 10.6 Å². The molecule has 1 aliphatic rings. The maximum Gasteiger partial charge on any atom is 0.164 e. The van der Waals surface area contributed by atoms with Gasteiger partial charge in [0.05, 0.1) is 0 Å². The van der Waals surface area contributed by atoms with Gasteiger partial charge in [0.2, 0.25) is 0 Å². The molecule has 0 radical (unpaired) electrons. The molecule has 3 nitrogen and oxygen atoms in total. The first-order chi connectivity index (χ1) is 5.75. The lowest BCUT2D eigenvalue weighted by Gasteiger charge is -2.20. The van der Waals surface area contributed by atoms with Crippen LogP contribution in [-0.4, -0.2) is 12.1 Å². The summed E-state index contributed by atoms with van der Waals surface area (Å²) in [6, 6.07) is 5.61. The number of fused-ring (bicyclic) bond motifs is 1. The summed E-state index contributed by atoms with van der Waals surface area (Å²) in [4.78, 5) is 5.38. The molecule has 0 saturated carbocycles. The van der Waals surface area contributed by atoms with Crippen molar-refractivity contribution >= 4 is 11.8 Å². The average Bonchev–Trinajstić information content (AvgIpc) is 2.03. The molecule has 0 fully saturated rings. The number of anilines is 1. The maximum atomic E-state index is 5.60. The first kappa shape index (κ1) is 7.03. The van der Waals surface area contributed by atoms with E-state index in [0.717, 1.165) is 17.0 Å². The van der Waals surface area contributed by atoms with E-state index in [2.05, 4.69) is 0 Å². The first-order valence-electron chi connectivity index (χ1n) is 3.74. The minimum atomic E-state index is 0.720. The molecule has 62 valence electrons. The predicted octanol–water partition coefficient (Wildman–Crippen LogP) is 1.48. The van der Waals surface area contributed by atoms with Crippen molar-refractivity contribution in [2.45, 2.75) is 0 Å². The Bertz CT molecular complexity index is 333. The fraction of sp³-hybridized carbons (Fsp3) is 0.111. The number of rotatable bonds is 0. The summed E-state index contributed by atoms with van der Waals surface area (Å²) in [7, 11) is 1.84. The third-order valence-corrected chi connectivity index (χ3v) is 1.74. The Morgan fingerprint density at radius 2 is 2.25 bits per heavy atom. The Balaban J connectivity index is 2.47. The minimum Gasteiger partial charge on any atom is -0.399 e. The quantitative estimate of drug-likeness (QED) is 0.587. The zero-order valence-corrected chi connectivity index (χ0v) is 6.82. The van der Waals surface area contributed by atoms with Gasteiger partial charge in [0.15, 0.2) is 5.75 Å². The van der Waals surface area contributed by atoms with Crippen LogP contribution in [0.3, 0.4) is 0 Å². The molecule has 1 heterocycles. The van der Waals surface area contributed by atoms with Crippen molar-refractivity contribution in [3.63, 3.8) is 0 Å². The van der Waals surface area contributed by atoms with Gasteiger partial charge in [0.25, 0.3) is 0 Å². The SMILES string of the molecule is CN1C=Cc2ccc(N)cc2O1. The molecule has 0 saturated heterocycles. The molecule has 1 aromatic carbocycles. The van der Waals surface area contributed by atoms with Crippen LogP contribution in [-0.2, 0) is 0 Å². The van der Waals surface area contributed by atoms with Crippen LogP contribution < -0.4 is 10.6 Å². The molecule has 1 aliphatic heterocycles. The third-order valence-electron chi connectivity index (χ3n) is 1.74. The normalized spacial score (nSPS) is 13.9. The van der Waals surface area contributed by atoms with Gasteiger partial charge in [-0.3, -0.25) is 0 Å². The lowest BCUT2D eigenvalue weighted by atomic mass is 10.1. The van der Waals surface area contributed by atoms with Gasteiger partial charge in [-0.1, -0.05) is 0 Å². The van der Waals surface area contributed by atoms with Crippen molar-refractivity contribution in [3.8, 4) is 5.75 Å². The molecule has 0 unspecified atom stereocenters. The molecule has 0 bridgehead atoms. The minimum absolute atomic E-state index is 0.720. The fourth-order valence-electron chi connectivity index (χ4n) is 1.14. The zero-order chi connectivity index (χ0) is 8.55. The molecule has 3 heteroatoms. The second-order valence-corrected chi connectivity index (χ2v) is 2.75. The topological polar surface area (TPSA) is 38.5 Å². The second-order valence-electron chi connectivity index (χ2n) is 2.75. The Morgan fingerprint density at radius 3 is 3.08 bits per heavy atom. The van der Waals surface area contributed by atoms with Gasteiger partial charge >= 0.3 is 0 Å². The fourth-order valence-corrected chi connectivity index (χ4v) is 1.14. The monoisotopic (exact) mass is 162 g/mol. The highest BCUT2D eigenvalue weighted by Crippen LogP contribution is 2.26. The van der Waals surface area contributed by atoms with Crippen LogP contribution in [0.1, 0.15) is 5.56 Å². The number of hydrogen-bond acceptors (Lipinski definition) is 3. The smallest absolute Gasteiger partial charge is 0.164 e. The van der Waals surface area contributed by atoms with Gasteiger partial charge in [-0.05, 0) is 18.2 Å². The number of benzene rings is 1. The Hall–Kier alpha value is -1.64. The van der Waals surface area contributed by atoms with E-state index < -0.39 is 0 Å². The molecule has 0 amide bonds. The van der Waals surface area contributed by atoms with E-state index in [1.54, 1.807) is 5.06 Å². The van der Waals surface area contributed by atoms with E-state index in [1.807, 2.05) is 37.5 Å². The number of nitrogen functional groups attached to an aromatic ring is 1. The number of nitrogens with two attached hydrogens (primary N) is 1. The molecular weight excluding hydrogens is 152 g/mol. The Morgan fingerprint density at radius 1 is 1.42 bits per heavy atom. The van der Waals surface area contributed by atoms with Crippen molar-refractivity contribution < 1.29 is 4.84 Å². The summed E-state index contributed by atoms with van der Waals surface area (Å²) in [5.41, 5.74) is 7.38. The average molecular weight is 162 g/mol. The number of hydrogen-bond donors (Lipinski definition) is 1. The number of hydroxylamine groups is 2. The summed E-state index contributed by atoms with van der Waals surface area (Å²) < 4.78 is 0. The highest BCUT2D eigenvalue weighted by atomic mass is 16.7. The van der Waals surface area contributed by atoms with Crippen molar-refractivity contribution in [1.29, 1.82) is 0 Å². The molecule has 0 aromatic heterocycles. The van der Waals surface area contributed by atoms with E-state index in [0.29, 0.717) is 0 Å². The van der Waals surface area contributed by atoms with Crippen molar-refractivity contribution in [1.82, 2.24) is 5.06 Å². The van der Waals surface area contributed by atoms with Crippen LogP contribution >= 0.6 is 0 Å². The van der Waals surface area contributed by atoms with Crippen LogP contribution in [0.5, 0.6) is 5.75 Å². The van der Waals surface area contributed by atoms with Crippen LogP contribution in [0.2, 0.25) is 0 Å². The maximum absolute atomic E-state index is 5.60. The van der Waals surface area contributed by atoms with E-state index in [9.17, 15) is 0 Å². The van der Waals surface area contributed by atoms with Crippen LogP contribution in [0.15, 0.2) is 24.4 Å². The molecule has 2 N–H and O–H groups in total. The van der Waals surface area contributed by atoms with Crippen LogP contribution in [0.4, 0.5) is 5.69 Å². The lowest BCUT2D eigenvalue weighted by Crippen LogP contribution is -2.18. The van der Waals surface area contributed by atoms with Crippen molar-refractivity contribution in [2.24, 2.45) is 0 Å². The second kappa shape index (κ2) is 2.44. The first-order valence-corrected chi connectivity index (χ1v) is 3.74. The standard InChI is InChI=1S/C9H10N2O/c1-11-5-4-7-2-3-8(10)6-9(7)12-11/h2-6H,10H2,1H3. The van der Waals surface area contributed by atoms with E-state index in [-0.39, 0.29) is 0 Å².